The van der Waals surface area contributed by atoms with Gasteiger partial charge in [0.05, 0.1) is 29.9 Å². The number of hydrogen-bond acceptors (Lipinski definition) is 8. The normalized spacial score (nSPS) is 47.9. The average Bonchev–Trinajstić information content (AvgIpc) is 3.94. The first kappa shape index (κ1) is 40.5. The van der Waals surface area contributed by atoms with Gasteiger partial charge in [0.25, 0.3) is 0 Å². The number of aliphatic hydroxyl groups is 1. The van der Waals surface area contributed by atoms with Crippen molar-refractivity contribution in [1.82, 2.24) is 10.2 Å². The molecule has 0 bridgehead atoms. The lowest BCUT2D eigenvalue weighted by atomic mass is 9.32. The molecule has 0 unspecified atom stereocenters. The molecule has 1 aliphatic heterocycles. The number of nitrogens with one attached hydrogen (secondary N) is 1. The number of aliphatic carboxylic acids is 1. The Bertz CT molecular complexity index is 1640. The maximum absolute atomic E-state index is 13.5. The van der Waals surface area contributed by atoms with Gasteiger partial charge in [0.15, 0.2) is 9.84 Å². The van der Waals surface area contributed by atoms with Gasteiger partial charge in [-0.2, -0.15) is 0 Å². The van der Waals surface area contributed by atoms with Crippen LogP contribution in [-0.2, 0) is 24.2 Å². The van der Waals surface area contributed by atoms with E-state index in [-0.39, 0.29) is 63.4 Å². The number of carboxylic acids is 1. The largest absolute Gasteiger partial charge is 0.481 e. The summed E-state index contributed by atoms with van der Waals surface area (Å²) in [5.41, 5.74) is 0.494. The predicted octanol–water partition coefficient (Wildman–Crippen LogP) is 6.96. The molecule has 0 aromatic heterocycles. The van der Waals surface area contributed by atoms with E-state index >= 15 is 0 Å². The molecule has 7 saturated carbocycles. The molecule has 1 heterocycles. The highest BCUT2D eigenvalue weighted by atomic mass is 32.2. The standard InChI is InChI=1S/C45H74N2O7S/c1-39(2)31-12-16-44(8)32(42(31,6)15-13-33(39)54-38(51)36-35(37(49)50)40(36,3)4)10-9-30-34-29(41(5)18-19-41)11-17-45(34,21-20-43(30,44)7)46-22-14-28(27-48)47-23-25-55(52,53)26-24-47/h28-36,46,48H,9-27H2,1-8H3,(H,49,50)/t28-,29-,30-,31+,32-,33+,34-,35+,36-,42+,43-,44-,45+/m1/s1. The van der Waals surface area contributed by atoms with Crippen LogP contribution >= 0.6 is 0 Å². The van der Waals surface area contributed by atoms with E-state index < -0.39 is 33.1 Å². The van der Waals surface area contributed by atoms with E-state index in [4.69, 9.17) is 4.74 Å². The van der Waals surface area contributed by atoms with E-state index in [0.717, 1.165) is 38.1 Å². The van der Waals surface area contributed by atoms with Gasteiger partial charge in [-0.15, -0.1) is 0 Å². The Labute approximate surface area is 332 Å². The number of carbonyl (C=O) groups excluding carboxylic acids is 1. The van der Waals surface area contributed by atoms with Crippen LogP contribution in [-0.4, -0.2) is 90.9 Å². The Morgan fingerprint density at radius 2 is 1.45 bits per heavy atom. The molecule has 7 aliphatic carbocycles. The Kier molecular flexibility index (Phi) is 9.68. The second-order valence-corrected chi connectivity index (χ2v) is 25.1. The highest BCUT2D eigenvalue weighted by Crippen LogP contribution is 2.78. The number of nitrogens with zero attached hydrogens (tertiary/aromatic N) is 1. The summed E-state index contributed by atoms with van der Waals surface area (Å²) < 4.78 is 30.6. The lowest BCUT2D eigenvalue weighted by Crippen LogP contribution is -2.69. The molecule has 1 saturated heterocycles. The summed E-state index contributed by atoms with van der Waals surface area (Å²) >= 11 is 0. The molecule has 0 aromatic rings. The summed E-state index contributed by atoms with van der Waals surface area (Å²) in [6.07, 6.45) is 15.2. The van der Waals surface area contributed by atoms with Crippen molar-refractivity contribution in [3.05, 3.63) is 0 Å². The van der Waals surface area contributed by atoms with Crippen molar-refractivity contribution in [3.63, 3.8) is 0 Å². The average molecular weight is 787 g/mol. The third-order valence-electron chi connectivity index (χ3n) is 20.0. The molecule has 8 rings (SSSR count). The van der Waals surface area contributed by atoms with Gasteiger partial charge in [-0.1, -0.05) is 55.4 Å². The van der Waals surface area contributed by atoms with Crippen LogP contribution in [0, 0.1) is 73.9 Å². The van der Waals surface area contributed by atoms with Gasteiger partial charge in [0.2, 0.25) is 0 Å². The van der Waals surface area contributed by atoms with Crippen molar-refractivity contribution in [1.29, 1.82) is 0 Å². The summed E-state index contributed by atoms with van der Waals surface area (Å²) in [5.74, 6) is 1.11. The molecule has 0 aromatic carbocycles. The molecule has 9 nitrogen and oxygen atoms in total. The second kappa shape index (κ2) is 13.1. The zero-order chi connectivity index (χ0) is 39.8. The molecular weight excluding hydrogens is 713 g/mol. The maximum atomic E-state index is 13.5. The number of esters is 1. The zero-order valence-corrected chi connectivity index (χ0v) is 36.2. The van der Waals surface area contributed by atoms with E-state index in [1.807, 2.05) is 13.8 Å². The minimum Gasteiger partial charge on any atom is -0.481 e. The summed E-state index contributed by atoms with van der Waals surface area (Å²) in [6.45, 7) is 21.0. The summed E-state index contributed by atoms with van der Waals surface area (Å²) in [5, 5.41) is 24.4. The third-order valence-corrected chi connectivity index (χ3v) is 21.6. The molecule has 8 aliphatic rings. The number of ether oxygens (including phenoxy) is 1. The minimum atomic E-state index is -2.96. The van der Waals surface area contributed by atoms with Gasteiger partial charge < -0.3 is 20.3 Å². The van der Waals surface area contributed by atoms with Crippen LogP contribution < -0.4 is 5.32 Å². The first-order valence-corrected chi connectivity index (χ1v) is 24.2. The summed E-state index contributed by atoms with van der Waals surface area (Å²) in [4.78, 5) is 27.6. The van der Waals surface area contributed by atoms with E-state index in [1.54, 1.807) is 0 Å². The fourth-order valence-corrected chi connectivity index (χ4v) is 17.4. The van der Waals surface area contributed by atoms with Gasteiger partial charge in [0.1, 0.15) is 6.10 Å². The van der Waals surface area contributed by atoms with Crippen LogP contribution in [0.5, 0.6) is 0 Å². The fourth-order valence-electron chi connectivity index (χ4n) is 16.2. The molecule has 8 fully saturated rings. The summed E-state index contributed by atoms with van der Waals surface area (Å²) in [6, 6.07) is 0.000190. The van der Waals surface area contributed by atoms with Gasteiger partial charge in [-0.3, -0.25) is 14.5 Å². The van der Waals surface area contributed by atoms with Crippen LogP contribution in [0.2, 0.25) is 0 Å². The number of aliphatic hydroxyl groups excluding tert-OH is 1. The summed E-state index contributed by atoms with van der Waals surface area (Å²) in [7, 11) is -2.96. The van der Waals surface area contributed by atoms with Crippen LogP contribution in [0.3, 0.4) is 0 Å². The number of hydrogen-bond donors (Lipinski definition) is 3. The lowest BCUT2D eigenvalue weighted by Gasteiger charge is -2.73. The van der Waals surface area contributed by atoms with Crippen molar-refractivity contribution in [2.45, 2.75) is 157 Å². The molecule has 55 heavy (non-hydrogen) atoms. The maximum Gasteiger partial charge on any atom is 0.310 e. The van der Waals surface area contributed by atoms with Crippen LogP contribution in [0.15, 0.2) is 0 Å². The quantitative estimate of drug-likeness (QED) is 0.201. The highest BCUT2D eigenvalue weighted by molar-refractivity contribution is 7.91. The van der Waals surface area contributed by atoms with Crippen molar-refractivity contribution in [2.75, 3.05) is 37.7 Å². The Hall–Kier alpha value is -1.23. The van der Waals surface area contributed by atoms with Crippen LogP contribution in [0.25, 0.3) is 0 Å². The zero-order valence-electron chi connectivity index (χ0n) is 35.4. The number of carbonyl (C=O) groups is 2. The van der Waals surface area contributed by atoms with Crippen molar-refractivity contribution < 1.29 is 33.0 Å². The Balaban J connectivity index is 1.00. The Morgan fingerprint density at radius 3 is 2.07 bits per heavy atom. The van der Waals surface area contributed by atoms with E-state index in [9.17, 15) is 28.2 Å². The topological polar surface area (TPSA) is 133 Å². The molecule has 0 amide bonds. The van der Waals surface area contributed by atoms with E-state index in [0.29, 0.717) is 42.2 Å². The van der Waals surface area contributed by atoms with Crippen LogP contribution in [0.1, 0.15) is 139 Å². The number of rotatable bonds is 10. The molecule has 3 N–H and O–H groups in total. The van der Waals surface area contributed by atoms with Gasteiger partial charge in [-0.05, 0) is 147 Å². The number of fused-ring (bicyclic) bond motifs is 7. The third kappa shape index (κ3) is 6.06. The van der Waals surface area contributed by atoms with Crippen molar-refractivity contribution >= 4 is 21.8 Å². The number of carboxylic acid groups (broad SMARTS) is 1. The molecule has 0 radical (unpaired) electrons. The highest BCUT2D eigenvalue weighted by Gasteiger charge is 2.73. The van der Waals surface area contributed by atoms with Crippen molar-refractivity contribution in [3.8, 4) is 0 Å². The number of sulfone groups is 1. The SMILES string of the molecule is CC1([C@@H]2CC[C@]3(NCC[C@H](CO)N4CCS(=O)(=O)CC4)CC[C@]4(C)[C@H](CC[C@@H]5[C@@]6(C)CC[C@H](OC(=O)[C@H]7[C@@H](C(=O)O)C7(C)C)C(C)(C)[C@@H]6CC[C@]54C)[C@@H]23)CC1. The van der Waals surface area contributed by atoms with E-state index in [1.165, 1.54) is 57.8 Å². The first-order valence-electron chi connectivity index (χ1n) is 22.3. The molecule has 0 spiro atoms. The minimum absolute atomic E-state index is 0.000190. The molecule has 10 heteroatoms. The predicted molar refractivity (Wildman–Crippen MR) is 214 cm³/mol. The van der Waals surface area contributed by atoms with Gasteiger partial charge in [0, 0.05) is 30.1 Å². The monoisotopic (exact) mass is 787 g/mol. The molecule has 13 atom stereocenters. The van der Waals surface area contributed by atoms with Crippen molar-refractivity contribution in [2.24, 2.45) is 73.9 Å². The smallest absolute Gasteiger partial charge is 0.310 e. The van der Waals surface area contributed by atoms with E-state index in [2.05, 4.69) is 51.8 Å². The lowest BCUT2D eigenvalue weighted by molar-refractivity contribution is -0.248. The van der Waals surface area contributed by atoms with Gasteiger partial charge in [-0.25, -0.2) is 8.42 Å². The first-order chi connectivity index (χ1) is 25.6. The van der Waals surface area contributed by atoms with Gasteiger partial charge >= 0.3 is 11.9 Å². The molecular formula is C45H74N2O7S. The molecule has 312 valence electrons. The fraction of sp³-hybridized carbons (Fsp3) is 0.956. The second-order valence-electron chi connectivity index (χ2n) is 22.8. The van der Waals surface area contributed by atoms with Crippen LogP contribution in [0.4, 0.5) is 0 Å². The Morgan fingerprint density at radius 1 is 0.764 bits per heavy atom.